The lowest BCUT2D eigenvalue weighted by Gasteiger charge is -2.25. The normalized spacial score (nSPS) is 15.0. The van der Waals surface area contributed by atoms with Gasteiger partial charge < -0.3 is 19.8 Å². The van der Waals surface area contributed by atoms with Gasteiger partial charge in [-0.2, -0.15) is 0 Å². The molecule has 71 heavy (non-hydrogen) atoms. The van der Waals surface area contributed by atoms with Gasteiger partial charge in [-0.15, -0.1) is 0 Å². The molecule has 0 aromatic rings. The Balaban J connectivity index is 4.39. The van der Waals surface area contributed by atoms with E-state index in [0.29, 0.717) is 23.9 Å². The number of phosphoric acid groups is 1. The molecular weight excluding hydrogens is 900 g/mol. The molecule has 0 saturated heterocycles. The lowest BCUT2D eigenvalue weighted by atomic mass is 10.0. The largest absolute Gasteiger partial charge is 0.472 e. The second kappa shape index (κ2) is 51.5. The number of carbonyl (C=O) groups excluding carboxylic acids is 1. The van der Waals surface area contributed by atoms with E-state index in [9.17, 15) is 19.4 Å². The van der Waals surface area contributed by atoms with Crippen molar-refractivity contribution in [2.24, 2.45) is 0 Å². The highest BCUT2D eigenvalue weighted by Crippen LogP contribution is 2.43. The minimum atomic E-state index is -4.37. The van der Waals surface area contributed by atoms with E-state index in [0.717, 1.165) is 96.3 Å². The molecule has 0 heterocycles. The number of rotatable bonds is 49. The maximum Gasteiger partial charge on any atom is 0.472 e. The first-order valence-electron chi connectivity index (χ1n) is 28.1. The van der Waals surface area contributed by atoms with E-state index in [1.165, 1.54) is 77.0 Å². The minimum Gasteiger partial charge on any atom is -0.387 e. The summed E-state index contributed by atoms with van der Waals surface area (Å²) in [5, 5.41) is 13.9. The summed E-state index contributed by atoms with van der Waals surface area (Å²) in [6.07, 6.45) is 78.3. The third kappa shape index (κ3) is 54.3. The van der Waals surface area contributed by atoms with E-state index in [4.69, 9.17) is 9.05 Å². The van der Waals surface area contributed by atoms with Gasteiger partial charge in [-0.25, -0.2) is 4.57 Å². The van der Waals surface area contributed by atoms with E-state index in [-0.39, 0.29) is 19.1 Å². The van der Waals surface area contributed by atoms with Crippen LogP contribution < -0.4 is 5.32 Å². The van der Waals surface area contributed by atoms with Gasteiger partial charge >= 0.3 is 7.82 Å². The topological polar surface area (TPSA) is 105 Å². The van der Waals surface area contributed by atoms with Crippen LogP contribution in [0.1, 0.15) is 200 Å². The molecule has 3 unspecified atom stereocenters. The molecule has 0 aliphatic heterocycles. The maximum absolute atomic E-state index is 13.0. The number of amides is 1. The van der Waals surface area contributed by atoms with Crippen molar-refractivity contribution < 1.29 is 32.9 Å². The molecule has 0 aromatic heterocycles. The molecule has 0 rings (SSSR count). The zero-order valence-corrected chi connectivity index (χ0v) is 46.8. The highest BCUT2D eigenvalue weighted by molar-refractivity contribution is 7.47. The molecule has 9 heteroatoms. The van der Waals surface area contributed by atoms with Crippen molar-refractivity contribution in [3.05, 3.63) is 134 Å². The summed E-state index contributed by atoms with van der Waals surface area (Å²) in [4.78, 5) is 23.3. The predicted octanol–water partition coefficient (Wildman–Crippen LogP) is 17.1. The Labute approximate surface area is 436 Å². The van der Waals surface area contributed by atoms with Gasteiger partial charge in [0.1, 0.15) is 13.2 Å². The van der Waals surface area contributed by atoms with Crippen LogP contribution in [-0.4, -0.2) is 73.4 Å². The summed E-state index contributed by atoms with van der Waals surface area (Å²) < 4.78 is 23.6. The van der Waals surface area contributed by atoms with Crippen molar-refractivity contribution in [2.75, 3.05) is 40.9 Å². The SMILES string of the molecule is CC/C=C\C/C=C\C/C=C\C/C=C\C/C=C\C/C=C\C/C=C\C/C=C\C/C=C\CCCCCC(=O)NC(COP(=O)(O)OCC[N+](C)(C)C)C(O)/C=C/CC/C=C/CCCCCCCCCCCCCC. The first-order chi connectivity index (χ1) is 34.5. The number of nitrogens with zero attached hydrogens (tertiary/aromatic N) is 1. The number of hydrogen-bond acceptors (Lipinski definition) is 5. The number of aliphatic hydroxyl groups is 1. The summed E-state index contributed by atoms with van der Waals surface area (Å²) in [5.41, 5.74) is 0. The predicted molar refractivity (Wildman–Crippen MR) is 308 cm³/mol. The number of allylic oxidation sites excluding steroid dienone is 21. The average Bonchev–Trinajstić information content (AvgIpc) is 3.33. The fourth-order valence-electron chi connectivity index (χ4n) is 7.22. The van der Waals surface area contributed by atoms with E-state index in [1.807, 2.05) is 27.2 Å². The molecule has 3 N–H and O–H groups in total. The van der Waals surface area contributed by atoms with Gasteiger partial charge in [-0.1, -0.05) is 225 Å². The molecule has 3 atom stereocenters. The molecular formula is C62H106N2O6P+. The van der Waals surface area contributed by atoms with Crippen LogP contribution in [0, 0.1) is 0 Å². The second-order valence-electron chi connectivity index (χ2n) is 19.6. The van der Waals surface area contributed by atoms with Crippen LogP contribution in [0.2, 0.25) is 0 Å². The Bertz CT molecular complexity index is 1610. The zero-order chi connectivity index (χ0) is 52.0. The van der Waals surface area contributed by atoms with E-state index in [1.54, 1.807) is 6.08 Å². The van der Waals surface area contributed by atoms with Gasteiger partial charge in [0.05, 0.1) is 39.9 Å². The molecule has 8 nitrogen and oxygen atoms in total. The summed E-state index contributed by atoms with van der Waals surface area (Å²) in [6.45, 7) is 4.64. The highest BCUT2D eigenvalue weighted by atomic mass is 31.2. The molecule has 0 aromatic carbocycles. The Morgan fingerprint density at radius 1 is 0.493 bits per heavy atom. The number of phosphoric ester groups is 1. The average molecular weight is 1010 g/mol. The number of aliphatic hydroxyl groups excluding tert-OH is 1. The summed E-state index contributed by atoms with van der Waals surface area (Å²) in [7, 11) is 1.51. The van der Waals surface area contributed by atoms with E-state index < -0.39 is 20.0 Å². The zero-order valence-electron chi connectivity index (χ0n) is 45.9. The Kier molecular flexibility index (Phi) is 49.1. The molecule has 0 spiro atoms. The highest BCUT2D eigenvalue weighted by Gasteiger charge is 2.27. The molecule has 0 bridgehead atoms. The van der Waals surface area contributed by atoms with Crippen molar-refractivity contribution in [3.63, 3.8) is 0 Å². The number of quaternary nitrogens is 1. The lowest BCUT2D eigenvalue weighted by molar-refractivity contribution is -0.870. The smallest absolute Gasteiger partial charge is 0.387 e. The third-order valence-corrected chi connectivity index (χ3v) is 12.6. The molecule has 0 aliphatic carbocycles. The van der Waals surface area contributed by atoms with E-state index >= 15 is 0 Å². The Hall–Kier alpha value is -3.36. The van der Waals surface area contributed by atoms with Crippen LogP contribution in [0.25, 0.3) is 0 Å². The second-order valence-corrected chi connectivity index (χ2v) is 21.0. The molecule has 0 aliphatic rings. The van der Waals surface area contributed by atoms with Crippen LogP contribution in [0.5, 0.6) is 0 Å². The minimum absolute atomic E-state index is 0.0416. The van der Waals surface area contributed by atoms with Gasteiger partial charge in [0, 0.05) is 6.42 Å². The van der Waals surface area contributed by atoms with Crippen molar-refractivity contribution in [1.82, 2.24) is 5.32 Å². The Morgan fingerprint density at radius 3 is 1.30 bits per heavy atom. The Morgan fingerprint density at radius 2 is 0.859 bits per heavy atom. The van der Waals surface area contributed by atoms with Crippen LogP contribution >= 0.6 is 7.82 Å². The van der Waals surface area contributed by atoms with Crippen LogP contribution in [-0.2, 0) is 18.4 Å². The van der Waals surface area contributed by atoms with Crippen molar-refractivity contribution in [1.29, 1.82) is 0 Å². The van der Waals surface area contributed by atoms with Gasteiger partial charge in [0.25, 0.3) is 0 Å². The summed E-state index contributed by atoms with van der Waals surface area (Å²) >= 11 is 0. The van der Waals surface area contributed by atoms with Gasteiger partial charge in [-0.05, 0) is 103 Å². The van der Waals surface area contributed by atoms with Gasteiger partial charge in [0.2, 0.25) is 5.91 Å². The molecule has 404 valence electrons. The molecule has 0 fully saturated rings. The standard InChI is InChI=1S/C62H105N2O6P/c1-6-8-10-12-14-16-18-20-22-24-26-27-28-29-30-31-32-33-34-35-36-37-38-40-42-44-46-48-50-52-54-56-62(66)63-60(59-70-71(67,68)69-58-57-64(3,4)5)61(65)55-53-51-49-47-45-43-41-39-25-23-21-19-17-15-13-11-9-7-2/h8,10,14,16,20,22,26-27,29-30,32-33,35-36,38,40,44-47,53,55,60-61,65H,6-7,9,11-13,15,17-19,21,23-25,28,31,34,37,39,41-43,48-52,54,56-59H2,1-5H3,(H-,63,66,67,68)/p+1/b10-8-,16-14-,22-20-,27-26-,30-29-,33-32-,36-35-,40-38-,46-44-,47-45+,55-53+. The molecule has 0 saturated carbocycles. The molecule has 1 amide bonds. The van der Waals surface area contributed by atoms with Crippen LogP contribution in [0.4, 0.5) is 0 Å². The fraction of sp³-hybridized carbons (Fsp3) is 0.629. The lowest BCUT2D eigenvalue weighted by Crippen LogP contribution is -2.45. The van der Waals surface area contributed by atoms with Crippen LogP contribution in [0.15, 0.2) is 134 Å². The number of carbonyl (C=O) groups is 1. The first kappa shape index (κ1) is 67.6. The number of hydrogen-bond donors (Lipinski definition) is 3. The van der Waals surface area contributed by atoms with Gasteiger partial charge in [-0.3, -0.25) is 13.8 Å². The van der Waals surface area contributed by atoms with Crippen molar-refractivity contribution in [2.45, 2.75) is 212 Å². The quantitative estimate of drug-likeness (QED) is 0.0243. The number of unbranched alkanes of at least 4 members (excludes halogenated alkanes) is 16. The first-order valence-corrected chi connectivity index (χ1v) is 29.6. The summed E-state index contributed by atoms with van der Waals surface area (Å²) in [5.74, 6) is -0.224. The molecule has 0 radical (unpaired) electrons. The van der Waals surface area contributed by atoms with E-state index in [2.05, 4.69) is 141 Å². The third-order valence-electron chi connectivity index (χ3n) is 11.6. The number of nitrogens with one attached hydrogen (secondary N) is 1. The van der Waals surface area contributed by atoms with Crippen molar-refractivity contribution in [3.8, 4) is 0 Å². The maximum atomic E-state index is 13.0. The number of likely N-dealkylation sites (N-methyl/N-ethyl adjacent to an activating group) is 1. The van der Waals surface area contributed by atoms with Crippen molar-refractivity contribution >= 4 is 13.7 Å². The van der Waals surface area contributed by atoms with Crippen LogP contribution in [0.3, 0.4) is 0 Å². The van der Waals surface area contributed by atoms with Gasteiger partial charge in [0.15, 0.2) is 0 Å². The monoisotopic (exact) mass is 1010 g/mol. The fourth-order valence-corrected chi connectivity index (χ4v) is 7.96. The summed E-state index contributed by atoms with van der Waals surface area (Å²) in [6, 6.07) is -0.892.